The Morgan fingerprint density at radius 1 is 0.828 bits per heavy atom. The molecule has 3 aromatic carbocycles. The topological polar surface area (TPSA) is 102 Å². The van der Waals surface area contributed by atoms with E-state index >= 15 is 0 Å². The molecule has 3 aromatic rings. The van der Waals surface area contributed by atoms with Crippen molar-refractivity contribution in [2.75, 3.05) is 4.67 Å². The Labute approximate surface area is 167 Å². The minimum absolute atomic E-state index is 0.115. The van der Waals surface area contributed by atoms with Crippen LogP contribution in [0.4, 0.5) is 5.69 Å². The number of nitrogens with zero attached hydrogens (tertiary/aromatic N) is 1. The van der Waals surface area contributed by atoms with E-state index in [2.05, 4.69) is 0 Å². The molecular weight excluding hydrogens is 417 g/mol. The summed E-state index contributed by atoms with van der Waals surface area (Å²) in [6.45, 7) is 0. The van der Waals surface area contributed by atoms with Crippen LogP contribution in [0, 0.1) is 0 Å². The SMILES string of the molecule is O=P(Oc1ccccc1)(Oc1ccccc1)N1c2ccccc2OC1S(=O)(=O)O. The molecule has 0 fully saturated rings. The van der Waals surface area contributed by atoms with Crippen LogP contribution in [0.2, 0.25) is 0 Å². The van der Waals surface area contributed by atoms with Gasteiger partial charge in [-0.1, -0.05) is 48.5 Å². The number of anilines is 1. The van der Waals surface area contributed by atoms with E-state index in [0.29, 0.717) is 0 Å². The number of hydrogen-bond donors (Lipinski definition) is 1. The van der Waals surface area contributed by atoms with E-state index in [9.17, 15) is 17.5 Å². The van der Waals surface area contributed by atoms with E-state index < -0.39 is 23.4 Å². The van der Waals surface area contributed by atoms with E-state index in [1.807, 2.05) is 0 Å². The molecular formula is C19H16NO7PS. The molecule has 0 amide bonds. The number of fused-ring (bicyclic) bond motifs is 1. The Kier molecular flexibility index (Phi) is 4.96. The van der Waals surface area contributed by atoms with Crippen molar-refractivity contribution in [3.05, 3.63) is 84.9 Å². The van der Waals surface area contributed by atoms with Crippen molar-refractivity contribution in [2.45, 2.75) is 5.56 Å². The molecule has 150 valence electrons. The molecule has 29 heavy (non-hydrogen) atoms. The lowest BCUT2D eigenvalue weighted by Crippen LogP contribution is -2.41. The first-order valence-electron chi connectivity index (χ1n) is 8.48. The second-order valence-electron chi connectivity index (χ2n) is 6.03. The maximum atomic E-state index is 14.0. The van der Waals surface area contributed by atoms with Gasteiger partial charge in [-0.2, -0.15) is 8.42 Å². The Balaban J connectivity index is 1.85. The summed E-state index contributed by atoms with van der Waals surface area (Å²) in [6, 6.07) is 22.5. The van der Waals surface area contributed by atoms with Gasteiger partial charge in [0.25, 0.3) is 0 Å². The minimum atomic E-state index is -4.82. The number of rotatable bonds is 6. The molecule has 0 spiro atoms. The molecule has 0 radical (unpaired) electrons. The normalized spacial score (nSPS) is 16.0. The van der Waals surface area contributed by atoms with Gasteiger partial charge in [0.2, 0.25) is 0 Å². The quantitative estimate of drug-likeness (QED) is 0.453. The molecule has 1 atom stereocenters. The van der Waals surface area contributed by atoms with Crippen molar-refractivity contribution in [1.82, 2.24) is 0 Å². The minimum Gasteiger partial charge on any atom is -0.451 e. The maximum absolute atomic E-state index is 14.0. The lowest BCUT2D eigenvalue weighted by molar-refractivity contribution is 0.278. The van der Waals surface area contributed by atoms with Crippen molar-refractivity contribution < 1.29 is 31.3 Å². The number of ether oxygens (including phenoxy) is 1. The molecule has 0 saturated carbocycles. The summed E-state index contributed by atoms with van der Waals surface area (Å²) < 4.78 is 65.3. The molecule has 0 saturated heterocycles. The van der Waals surface area contributed by atoms with Gasteiger partial charge in [0.05, 0.1) is 5.69 Å². The van der Waals surface area contributed by atoms with Gasteiger partial charge < -0.3 is 13.8 Å². The summed E-state index contributed by atoms with van der Waals surface area (Å²) in [5, 5.41) is 0. The van der Waals surface area contributed by atoms with Crippen molar-refractivity contribution in [1.29, 1.82) is 0 Å². The first-order valence-corrected chi connectivity index (χ1v) is 11.5. The van der Waals surface area contributed by atoms with Gasteiger partial charge in [0, 0.05) is 0 Å². The van der Waals surface area contributed by atoms with Crippen molar-refractivity contribution >= 4 is 23.6 Å². The molecule has 10 heteroatoms. The highest BCUT2D eigenvalue weighted by molar-refractivity contribution is 7.87. The van der Waals surface area contributed by atoms with E-state index in [-0.39, 0.29) is 22.9 Å². The molecule has 0 aliphatic carbocycles. The van der Waals surface area contributed by atoms with Crippen LogP contribution in [0.15, 0.2) is 84.9 Å². The van der Waals surface area contributed by atoms with Gasteiger partial charge in [-0.25, -0.2) is 9.24 Å². The average molecular weight is 433 g/mol. The van der Waals surface area contributed by atoms with E-state index in [1.165, 1.54) is 12.1 Å². The molecule has 1 N–H and O–H groups in total. The standard InChI is InChI=1S/C19H16NO7PS/c21-28(26-15-9-3-1-4-10-15,27-16-11-5-2-6-12-16)20-17-13-7-8-14-18(17)25-19(20)29(22,23)24/h1-14,19H,(H,22,23,24). The highest BCUT2D eigenvalue weighted by Crippen LogP contribution is 2.59. The molecule has 1 heterocycles. The molecule has 8 nitrogen and oxygen atoms in total. The molecule has 0 aromatic heterocycles. The fourth-order valence-electron chi connectivity index (χ4n) is 2.79. The van der Waals surface area contributed by atoms with Gasteiger partial charge in [-0.15, -0.1) is 0 Å². The monoisotopic (exact) mass is 433 g/mol. The lowest BCUT2D eigenvalue weighted by atomic mass is 10.3. The zero-order valence-corrected chi connectivity index (χ0v) is 16.6. The molecule has 1 unspecified atom stereocenters. The average Bonchev–Trinajstić information content (AvgIpc) is 3.10. The van der Waals surface area contributed by atoms with Gasteiger partial charge in [0.1, 0.15) is 17.2 Å². The van der Waals surface area contributed by atoms with E-state index in [0.717, 1.165) is 4.67 Å². The van der Waals surface area contributed by atoms with Crippen LogP contribution in [0.3, 0.4) is 0 Å². The Hall–Kier alpha value is -3.00. The second-order valence-corrected chi connectivity index (χ2v) is 9.20. The third kappa shape index (κ3) is 3.93. The van der Waals surface area contributed by atoms with Crippen molar-refractivity contribution in [2.24, 2.45) is 0 Å². The third-order valence-corrected chi connectivity index (χ3v) is 6.80. The Morgan fingerprint density at radius 3 is 1.83 bits per heavy atom. The summed E-state index contributed by atoms with van der Waals surface area (Å²) in [5.41, 5.74) is -1.86. The highest BCUT2D eigenvalue weighted by Gasteiger charge is 2.53. The lowest BCUT2D eigenvalue weighted by Gasteiger charge is -2.30. The van der Waals surface area contributed by atoms with E-state index in [1.54, 1.807) is 72.8 Å². The van der Waals surface area contributed by atoms with Gasteiger partial charge in [-0.3, -0.25) is 4.55 Å². The summed E-state index contributed by atoms with van der Waals surface area (Å²) in [6.07, 6.45) is 0. The van der Waals surface area contributed by atoms with Crippen LogP contribution in [0.5, 0.6) is 17.2 Å². The molecule has 4 rings (SSSR count). The van der Waals surface area contributed by atoms with Gasteiger partial charge in [-0.05, 0) is 36.4 Å². The Morgan fingerprint density at radius 2 is 1.31 bits per heavy atom. The zero-order valence-electron chi connectivity index (χ0n) is 14.9. The fourth-order valence-corrected chi connectivity index (χ4v) is 5.78. The fraction of sp³-hybridized carbons (Fsp3) is 0.0526. The second kappa shape index (κ2) is 7.44. The first-order chi connectivity index (χ1) is 13.9. The Bertz CT molecular complexity index is 1110. The number of benzene rings is 3. The first kappa shape index (κ1) is 19.3. The third-order valence-electron chi connectivity index (χ3n) is 3.99. The van der Waals surface area contributed by atoms with E-state index in [4.69, 9.17) is 13.8 Å². The maximum Gasteiger partial charge on any atom is 0.548 e. The number of hydrogen-bond acceptors (Lipinski definition) is 6. The predicted octanol–water partition coefficient (Wildman–Crippen LogP) is 4.32. The van der Waals surface area contributed by atoms with Crippen LogP contribution in [-0.4, -0.2) is 18.5 Å². The summed E-state index contributed by atoms with van der Waals surface area (Å²) in [5.74, 6) is 0.485. The highest BCUT2D eigenvalue weighted by atomic mass is 32.2. The van der Waals surface area contributed by atoms with Gasteiger partial charge >= 0.3 is 23.4 Å². The largest absolute Gasteiger partial charge is 0.548 e. The number of para-hydroxylation sites is 4. The van der Waals surface area contributed by atoms with Crippen molar-refractivity contribution in [3.8, 4) is 17.2 Å². The van der Waals surface area contributed by atoms with Gasteiger partial charge in [0.15, 0.2) is 0 Å². The van der Waals surface area contributed by atoms with Crippen LogP contribution in [-0.2, 0) is 14.7 Å². The summed E-state index contributed by atoms with van der Waals surface area (Å²) >= 11 is 0. The van der Waals surface area contributed by atoms with Crippen molar-refractivity contribution in [3.63, 3.8) is 0 Å². The van der Waals surface area contributed by atoms with Crippen LogP contribution in [0.25, 0.3) is 0 Å². The summed E-state index contributed by atoms with van der Waals surface area (Å²) in [4.78, 5) is 0. The molecule has 1 aliphatic heterocycles. The summed E-state index contributed by atoms with van der Waals surface area (Å²) in [7, 11) is -9.24. The molecule has 1 aliphatic rings. The smallest absolute Gasteiger partial charge is 0.451 e. The zero-order chi connectivity index (χ0) is 20.5. The molecule has 0 bridgehead atoms. The van der Waals surface area contributed by atoms with Crippen LogP contribution in [0.1, 0.15) is 0 Å². The predicted molar refractivity (Wildman–Crippen MR) is 107 cm³/mol. The van der Waals surface area contributed by atoms with Crippen LogP contribution < -0.4 is 18.5 Å². The van der Waals surface area contributed by atoms with Crippen LogP contribution >= 0.6 is 7.75 Å².